The highest BCUT2D eigenvalue weighted by Gasteiger charge is 2.23. The number of nitrogens with zero attached hydrogens (tertiary/aromatic N) is 3. The number of amides is 1. The van der Waals surface area contributed by atoms with Gasteiger partial charge in [0.25, 0.3) is 0 Å². The van der Waals surface area contributed by atoms with E-state index in [1.807, 2.05) is 35.0 Å². The summed E-state index contributed by atoms with van der Waals surface area (Å²) in [5.41, 5.74) is 1.11. The van der Waals surface area contributed by atoms with E-state index in [-0.39, 0.29) is 24.4 Å². The molecule has 0 spiro atoms. The lowest BCUT2D eigenvalue weighted by Gasteiger charge is -2.10. The number of rotatable bonds is 7. The summed E-state index contributed by atoms with van der Waals surface area (Å²) in [6, 6.07) is 16.1. The van der Waals surface area contributed by atoms with Crippen molar-refractivity contribution in [1.82, 2.24) is 20.1 Å². The van der Waals surface area contributed by atoms with Crippen LogP contribution in [0.15, 0.2) is 54.6 Å². The molecule has 144 valence electrons. The van der Waals surface area contributed by atoms with Crippen LogP contribution in [0.5, 0.6) is 5.75 Å². The molecule has 1 aromatic heterocycles. The number of hydrogen-bond donors (Lipinski definition) is 1. The molecule has 1 atom stereocenters. The lowest BCUT2D eigenvalue weighted by atomic mass is 10.1. The fourth-order valence-electron chi connectivity index (χ4n) is 3.28. The van der Waals surface area contributed by atoms with Crippen LogP contribution in [0, 0.1) is 5.82 Å². The topological polar surface area (TPSA) is 69.0 Å². The van der Waals surface area contributed by atoms with Gasteiger partial charge in [-0.25, -0.2) is 14.1 Å². The average Bonchev–Trinajstić information content (AvgIpc) is 3.27. The maximum absolute atomic E-state index is 13.3. The summed E-state index contributed by atoms with van der Waals surface area (Å²) in [5, 5.41) is 7.55. The van der Waals surface area contributed by atoms with Crippen LogP contribution in [0.4, 0.5) is 4.39 Å². The molecular weight excluding hydrogens is 359 g/mol. The molecule has 2 heterocycles. The van der Waals surface area contributed by atoms with Crippen LogP contribution in [0.3, 0.4) is 0 Å². The monoisotopic (exact) mass is 380 g/mol. The Balaban J connectivity index is 1.51. The first kappa shape index (κ1) is 18.2. The van der Waals surface area contributed by atoms with Gasteiger partial charge in [0.05, 0.1) is 6.54 Å². The van der Waals surface area contributed by atoms with Gasteiger partial charge in [-0.3, -0.25) is 4.79 Å². The van der Waals surface area contributed by atoms with E-state index < -0.39 is 0 Å². The third-order valence-electron chi connectivity index (χ3n) is 4.65. The third-order valence-corrected chi connectivity index (χ3v) is 4.65. The molecule has 6 nitrogen and oxygen atoms in total. The number of carbonyl (C=O) groups excluding carboxylic acids is 1. The molecule has 0 aliphatic carbocycles. The first-order chi connectivity index (χ1) is 13.7. The van der Waals surface area contributed by atoms with Crippen LogP contribution in [-0.4, -0.2) is 26.7 Å². The van der Waals surface area contributed by atoms with Crippen molar-refractivity contribution in [3.63, 3.8) is 0 Å². The van der Waals surface area contributed by atoms with Gasteiger partial charge in [-0.2, -0.15) is 5.10 Å². The van der Waals surface area contributed by atoms with Gasteiger partial charge in [0.2, 0.25) is 5.91 Å². The Labute approximate surface area is 162 Å². The molecule has 7 heteroatoms. The molecule has 1 aliphatic heterocycles. The number of nitrogens with one attached hydrogen (secondary N) is 1. The highest BCUT2D eigenvalue weighted by molar-refractivity contribution is 5.78. The van der Waals surface area contributed by atoms with Gasteiger partial charge in [0.1, 0.15) is 24.0 Å². The van der Waals surface area contributed by atoms with E-state index in [9.17, 15) is 9.18 Å². The number of halogens is 1. The molecule has 1 N–H and O–H groups in total. The number of ether oxygens (including phenoxy) is 1. The van der Waals surface area contributed by atoms with Gasteiger partial charge in [-0.1, -0.05) is 36.4 Å². The fraction of sp³-hybridized carbons (Fsp3) is 0.286. The lowest BCUT2D eigenvalue weighted by Crippen LogP contribution is -2.28. The van der Waals surface area contributed by atoms with Crippen LogP contribution in [-0.2, 0) is 24.4 Å². The van der Waals surface area contributed by atoms with Gasteiger partial charge in [-0.05, 0) is 24.1 Å². The Hall–Kier alpha value is -3.22. The minimum atomic E-state index is -0.349. The maximum Gasteiger partial charge on any atom is 0.220 e. The predicted molar refractivity (Wildman–Crippen MR) is 101 cm³/mol. The second-order valence-corrected chi connectivity index (χ2v) is 6.84. The smallest absolute Gasteiger partial charge is 0.220 e. The molecule has 0 radical (unpaired) electrons. The highest BCUT2D eigenvalue weighted by atomic mass is 19.1. The van der Waals surface area contributed by atoms with Crippen molar-refractivity contribution in [2.45, 2.75) is 38.5 Å². The molecule has 1 amide bonds. The SMILES string of the molecule is O=C1CC[C@H](Cc2nc(COc3cccc(F)c3)nn2Cc2ccccc2)N1. The van der Waals surface area contributed by atoms with Gasteiger partial charge in [-0.15, -0.1) is 0 Å². The zero-order valence-electron chi connectivity index (χ0n) is 15.3. The van der Waals surface area contributed by atoms with Gasteiger partial charge < -0.3 is 10.1 Å². The summed E-state index contributed by atoms with van der Waals surface area (Å²) in [5.74, 6) is 1.49. The summed E-state index contributed by atoms with van der Waals surface area (Å²) < 4.78 is 20.8. The summed E-state index contributed by atoms with van der Waals surface area (Å²) in [6.07, 6.45) is 1.96. The molecule has 1 saturated heterocycles. The predicted octanol–water partition coefficient (Wildman–Crippen LogP) is 2.87. The summed E-state index contributed by atoms with van der Waals surface area (Å²) in [4.78, 5) is 16.1. The third kappa shape index (κ3) is 4.54. The van der Waals surface area contributed by atoms with Crippen molar-refractivity contribution in [3.05, 3.63) is 77.6 Å². The molecule has 2 aromatic carbocycles. The Bertz CT molecular complexity index is 958. The van der Waals surface area contributed by atoms with E-state index in [1.165, 1.54) is 12.1 Å². The van der Waals surface area contributed by atoms with E-state index in [1.54, 1.807) is 12.1 Å². The first-order valence-electron chi connectivity index (χ1n) is 9.30. The van der Waals surface area contributed by atoms with Crippen molar-refractivity contribution < 1.29 is 13.9 Å². The van der Waals surface area contributed by atoms with Crippen molar-refractivity contribution in [2.75, 3.05) is 0 Å². The average molecular weight is 380 g/mol. The fourth-order valence-corrected chi connectivity index (χ4v) is 3.28. The summed E-state index contributed by atoms with van der Waals surface area (Å²) in [6.45, 7) is 0.735. The highest BCUT2D eigenvalue weighted by Crippen LogP contribution is 2.16. The molecule has 3 aromatic rings. The van der Waals surface area contributed by atoms with E-state index in [0.29, 0.717) is 31.0 Å². The minimum absolute atomic E-state index is 0.0724. The quantitative estimate of drug-likeness (QED) is 0.684. The van der Waals surface area contributed by atoms with Crippen LogP contribution in [0.25, 0.3) is 0 Å². The molecule has 0 unspecified atom stereocenters. The standard InChI is InChI=1S/C21H21FN4O2/c22-16-7-4-8-18(11-16)28-14-19-24-20(12-17-9-10-21(27)23-17)26(25-19)13-15-5-2-1-3-6-15/h1-8,11,17H,9-10,12-14H2,(H,23,27)/t17-/m1/s1. The molecule has 28 heavy (non-hydrogen) atoms. The Morgan fingerprint density at radius 1 is 1.18 bits per heavy atom. The van der Waals surface area contributed by atoms with Crippen molar-refractivity contribution in [2.24, 2.45) is 0 Å². The molecule has 1 fully saturated rings. The maximum atomic E-state index is 13.3. The van der Waals surface area contributed by atoms with Crippen LogP contribution >= 0.6 is 0 Å². The van der Waals surface area contributed by atoms with Gasteiger partial charge >= 0.3 is 0 Å². The number of hydrogen-bond acceptors (Lipinski definition) is 4. The molecule has 1 aliphatic rings. The van der Waals surface area contributed by atoms with E-state index in [2.05, 4.69) is 15.4 Å². The molecule has 0 bridgehead atoms. The minimum Gasteiger partial charge on any atom is -0.485 e. The van der Waals surface area contributed by atoms with E-state index in [4.69, 9.17) is 4.74 Å². The largest absolute Gasteiger partial charge is 0.485 e. The normalized spacial score (nSPS) is 16.2. The van der Waals surface area contributed by atoms with Crippen molar-refractivity contribution in [3.8, 4) is 5.75 Å². The second kappa shape index (κ2) is 8.21. The number of benzene rings is 2. The molecule has 0 saturated carbocycles. The lowest BCUT2D eigenvalue weighted by molar-refractivity contribution is -0.119. The van der Waals surface area contributed by atoms with Crippen LogP contribution in [0.2, 0.25) is 0 Å². The van der Waals surface area contributed by atoms with Gasteiger partial charge in [0.15, 0.2) is 5.82 Å². The zero-order chi connectivity index (χ0) is 19.3. The number of carbonyl (C=O) groups is 1. The van der Waals surface area contributed by atoms with E-state index >= 15 is 0 Å². The Kier molecular flexibility index (Phi) is 5.32. The second-order valence-electron chi connectivity index (χ2n) is 6.84. The molecular formula is C21H21FN4O2. The van der Waals surface area contributed by atoms with Crippen LogP contribution < -0.4 is 10.1 Å². The van der Waals surface area contributed by atoms with Crippen LogP contribution in [0.1, 0.15) is 30.1 Å². The van der Waals surface area contributed by atoms with Gasteiger partial charge in [0, 0.05) is 24.9 Å². The first-order valence-corrected chi connectivity index (χ1v) is 9.30. The van der Waals surface area contributed by atoms with Crippen molar-refractivity contribution >= 4 is 5.91 Å². The Morgan fingerprint density at radius 3 is 2.79 bits per heavy atom. The number of aromatic nitrogens is 3. The Morgan fingerprint density at radius 2 is 2.04 bits per heavy atom. The zero-order valence-corrected chi connectivity index (χ0v) is 15.3. The van der Waals surface area contributed by atoms with Crippen molar-refractivity contribution in [1.29, 1.82) is 0 Å². The van der Waals surface area contributed by atoms with E-state index in [0.717, 1.165) is 17.8 Å². The summed E-state index contributed by atoms with van der Waals surface area (Å²) >= 11 is 0. The summed E-state index contributed by atoms with van der Waals surface area (Å²) in [7, 11) is 0. The molecule has 4 rings (SSSR count).